The van der Waals surface area contributed by atoms with Crippen LogP contribution in [-0.4, -0.2) is 65.2 Å². The fourth-order valence-corrected chi connectivity index (χ4v) is 5.06. The molecule has 13 heteroatoms. The van der Waals surface area contributed by atoms with E-state index >= 15 is 0 Å². The fraction of sp³-hybridized carbons (Fsp3) is 0.593. The Morgan fingerprint density at radius 2 is 1.73 bits per heavy atom. The summed E-state index contributed by atoms with van der Waals surface area (Å²) >= 11 is 12.2. The van der Waals surface area contributed by atoms with Gasteiger partial charge in [-0.25, -0.2) is 0 Å². The van der Waals surface area contributed by atoms with Crippen LogP contribution >= 0.6 is 23.2 Å². The van der Waals surface area contributed by atoms with Crippen LogP contribution in [0.15, 0.2) is 29.2 Å². The van der Waals surface area contributed by atoms with Gasteiger partial charge in [-0.3, -0.25) is 24.4 Å². The van der Waals surface area contributed by atoms with Crippen LogP contribution in [-0.2, 0) is 14.3 Å². The van der Waals surface area contributed by atoms with E-state index < -0.39 is 58.5 Å². The molecule has 1 aromatic heterocycles. The third-order valence-corrected chi connectivity index (χ3v) is 7.05. The molecule has 0 atom stereocenters. The Morgan fingerprint density at radius 1 is 1.18 bits per heavy atom. The molecule has 222 valence electrons. The molecular weight excluding hydrogens is 572 g/mol. The van der Waals surface area contributed by atoms with Crippen LogP contribution in [0.25, 0.3) is 0 Å². The van der Waals surface area contributed by atoms with Crippen LogP contribution < -0.4 is 5.73 Å². The molecule has 0 radical (unpaired) electrons. The molecular formula is C27H35Cl2F3N4O4. The standard InChI is InChI=1S/C27H35Cl2F3N4O4/c1-6-40-24(39)26(5)9-7-16(8-10-26)35-22(27(30,31)32)17(11-33)23(38)36(15-25(2,3)4)14-20(37)21-18(28)12-34-13-19(21)29/h11-13,16H,6-10,14-15,33H2,1-5H3. The molecule has 0 spiro atoms. The van der Waals surface area contributed by atoms with Crippen molar-refractivity contribution >= 4 is 46.6 Å². The average molecular weight is 608 g/mol. The molecule has 8 nitrogen and oxygen atoms in total. The van der Waals surface area contributed by atoms with E-state index in [1.807, 2.05) is 0 Å². The summed E-state index contributed by atoms with van der Waals surface area (Å²) < 4.78 is 48.0. The van der Waals surface area contributed by atoms with E-state index in [0.29, 0.717) is 6.20 Å². The maximum Gasteiger partial charge on any atom is 0.433 e. The van der Waals surface area contributed by atoms with Crippen LogP contribution in [0.4, 0.5) is 13.2 Å². The first-order chi connectivity index (χ1) is 18.4. The minimum Gasteiger partial charge on any atom is -0.466 e. The van der Waals surface area contributed by atoms with Crippen LogP contribution in [0.5, 0.6) is 0 Å². The number of aliphatic imine (C=N–C) groups is 1. The summed E-state index contributed by atoms with van der Waals surface area (Å²) in [7, 11) is 0. The lowest BCUT2D eigenvalue weighted by atomic mass is 9.74. The highest BCUT2D eigenvalue weighted by Gasteiger charge is 2.44. The predicted octanol–water partition coefficient (Wildman–Crippen LogP) is 5.80. The van der Waals surface area contributed by atoms with Crippen molar-refractivity contribution < 1.29 is 32.3 Å². The van der Waals surface area contributed by atoms with Crippen molar-refractivity contribution in [3.63, 3.8) is 0 Å². The number of carbonyl (C=O) groups excluding carboxylic acids is 3. The van der Waals surface area contributed by atoms with Gasteiger partial charge in [0.25, 0.3) is 5.91 Å². The number of carbonyl (C=O) groups is 3. The molecule has 1 amide bonds. The van der Waals surface area contributed by atoms with E-state index in [1.54, 1.807) is 34.6 Å². The zero-order chi connectivity index (χ0) is 30.5. The Balaban J connectivity index is 2.41. The molecule has 0 aliphatic heterocycles. The van der Waals surface area contributed by atoms with Gasteiger partial charge < -0.3 is 15.4 Å². The van der Waals surface area contributed by atoms with Crippen LogP contribution in [0.2, 0.25) is 10.0 Å². The number of aromatic nitrogens is 1. The topological polar surface area (TPSA) is 115 Å². The Hall–Kier alpha value is -2.66. The highest BCUT2D eigenvalue weighted by Crippen LogP contribution is 2.39. The second-order valence-electron chi connectivity index (χ2n) is 11.2. The van der Waals surface area contributed by atoms with Crippen molar-refractivity contribution in [3.8, 4) is 0 Å². The molecule has 1 saturated carbocycles. The smallest absolute Gasteiger partial charge is 0.433 e. The second kappa shape index (κ2) is 13.3. The molecule has 1 aromatic rings. The summed E-state index contributed by atoms with van der Waals surface area (Å²) in [4.78, 5) is 47.7. The lowest BCUT2D eigenvalue weighted by molar-refractivity contribution is -0.156. The van der Waals surface area contributed by atoms with Crippen molar-refractivity contribution in [3.05, 3.63) is 39.8 Å². The van der Waals surface area contributed by atoms with Crippen LogP contribution in [0.3, 0.4) is 0 Å². The lowest BCUT2D eigenvalue weighted by Gasteiger charge is -2.34. The number of amides is 1. The molecule has 0 saturated heterocycles. The highest BCUT2D eigenvalue weighted by molar-refractivity contribution is 6.39. The first kappa shape index (κ1) is 33.5. The van der Waals surface area contributed by atoms with E-state index in [4.69, 9.17) is 33.7 Å². The molecule has 40 heavy (non-hydrogen) atoms. The molecule has 2 N–H and O–H groups in total. The van der Waals surface area contributed by atoms with Gasteiger partial charge in [0.1, 0.15) is 0 Å². The third-order valence-electron chi connectivity index (χ3n) is 6.48. The summed E-state index contributed by atoms with van der Waals surface area (Å²) in [6.07, 6.45) is -1.13. The van der Waals surface area contributed by atoms with E-state index in [2.05, 4.69) is 9.98 Å². The summed E-state index contributed by atoms with van der Waals surface area (Å²) in [5.41, 5.74) is 1.77. The Labute approximate surface area is 242 Å². The van der Waals surface area contributed by atoms with Gasteiger partial charge in [-0.2, -0.15) is 13.2 Å². The van der Waals surface area contributed by atoms with Gasteiger partial charge in [0.15, 0.2) is 11.5 Å². The summed E-state index contributed by atoms with van der Waals surface area (Å²) in [6, 6.07) is -0.797. The van der Waals surface area contributed by atoms with E-state index in [-0.39, 0.29) is 54.4 Å². The Kier molecular flexibility index (Phi) is 11.2. The number of nitrogens with two attached hydrogens (primary N) is 1. The van der Waals surface area contributed by atoms with Gasteiger partial charge in [-0.15, -0.1) is 0 Å². The number of pyridine rings is 1. The largest absolute Gasteiger partial charge is 0.466 e. The minimum absolute atomic E-state index is 0.0556. The lowest BCUT2D eigenvalue weighted by Crippen LogP contribution is -2.45. The number of nitrogens with zero attached hydrogens (tertiary/aromatic N) is 3. The van der Waals surface area contributed by atoms with Gasteiger partial charge in [-0.05, 0) is 44.9 Å². The maximum atomic E-state index is 14.3. The number of rotatable bonds is 9. The second-order valence-corrected chi connectivity index (χ2v) is 12.0. The first-order valence-electron chi connectivity index (χ1n) is 12.8. The number of ketones is 1. The minimum atomic E-state index is -5.02. The van der Waals surface area contributed by atoms with Gasteiger partial charge in [0.2, 0.25) is 0 Å². The molecule has 2 rings (SSSR count). The maximum absolute atomic E-state index is 14.3. The van der Waals surface area contributed by atoms with Gasteiger partial charge >= 0.3 is 12.1 Å². The van der Waals surface area contributed by atoms with Crippen molar-refractivity contribution in [1.82, 2.24) is 9.88 Å². The Morgan fingerprint density at radius 3 is 2.17 bits per heavy atom. The van der Waals surface area contributed by atoms with Gasteiger partial charge in [0, 0.05) is 25.1 Å². The molecule has 1 aliphatic rings. The molecule has 0 unspecified atom stereocenters. The summed E-state index contributed by atoms with van der Waals surface area (Å²) in [6.45, 7) is 8.19. The molecule has 1 aliphatic carbocycles. The summed E-state index contributed by atoms with van der Waals surface area (Å²) in [5, 5.41) is -0.111. The molecule has 1 fully saturated rings. The fourth-order valence-electron chi connectivity index (χ4n) is 4.48. The van der Waals surface area contributed by atoms with Crippen molar-refractivity contribution in [2.45, 2.75) is 72.5 Å². The van der Waals surface area contributed by atoms with Crippen LogP contribution in [0, 0.1) is 10.8 Å². The van der Waals surface area contributed by atoms with Crippen molar-refractivity contribution in [1.29, 1.82) is 0 Å². The molecule has 0 aromatic carbocycles. The SMILES string of the molecule is CCOC(=O)C1(C)CCC(N=C(C(=CN)C(=O)N(CC(=O)c2c(Cl)cncc2Cl)CC(C)(C)C)C(F)(F)F)CC1. The number of hydrogen-bond acceptors (Lipinski definition) is 7. The highest BCUT2D eigenvalue weighted by atomic mass is 35.5. The van der Waals surface area contributed by atoms with E-state index in [1.165, 1.54) is 12.4 Å². The van der Waals surface area contributed by atoms with Gasteiger partial charge in [-0.1, -0.05) is 44.0 Å². The van der Waals surface area contributed by atoms with Crippen LogP contribution in [0.1, 0.15) is 70.7 Å². The number of hydrogen-bond donors (Lipinski definition) is 1. The third kappa shape index (κ3) is 8.67. The molecule has 1 heterocycles. The number of halogens is 5. The number of esters is 1. The normalized spacial score (nSPS) is 20.7. The number of ether oxygens (including phenoxy) is 1. The van der Waals surface area contributed by atoms with Crippen molar-refractivity contribution in [2.75, 3.05) is 19.7 Å². The number of Topliss-reactive ketones (excluding diaryl/α,β-unsaturated/α-hetero) is 1. The molecule has 0 bridgehead atoms. The summed E-state index contributed by atoms with van der Waals surface area (Å²) in [5.74, 6) is -2.19. The zero-order valence-corrected chi connectivity index (χ0v) is 24.7. The zero-order valence-electron chi connectivity index (χ0n) is 23.2. The van der Waals surface area contributed by atoms with Gasteiger partial charge in [0.05, 0.1) is 45.8 Å². The quantitative estimate of drug-likeness (QED) is 0.164. The average Bonchev–Trinajstić information content (AvgIpc) is 2.83. The monoisotopic (exact) mass is 606 g/mol. The Bertz CT molecular complexity index is 1150. The van der Waals surface area contributed by atoms with E-state index in [0.717, 1.165) is 4.90 Å². The predicted molar refractivity (Wildman–Crippen MR) is 147 cm³/mol. The van der Waals surface area contributed by atoms with Crippen molar-refractivity contribution in [2.24, 2.45) is 21.6 Å². The number of alkyl halides is 3. The first-order valence-corrected chi connectivity index (χ1v) is 13.5. The van der Waals surface area contributed by atoms with E-state index in [9.17, 15) is 27.6 Å².